The van der Waals surface area contributed by atoms with Gasteiger partial charge in [0, 0.05) is 0 Å². The molecule has 1 saturated heterocycles. The van der Waals surface area contributed by atoms with Crippen LogP contribution in [-0.4, -0.2) is 33.3 Å². The van der Waals surface area contributed by atoms with Crippen LogP contribution < -0.4 is 0 Å². The lowest BCUT2D eigenvalue weighted by Crippen LogP contribution is -2.37. The lowest BCUT2D eigenvalue weighted by molar-refractivity contribution is -0.173. The molecule has 0 aliphatic carbocycles. The van der Waals surface area contributed by atoms with Gasteiger partial charge < -0.3 is 5.11 Å². The highest BCUT2D eigenvalue weighted by molar-refractivity contribution is 6.02. The Kier molecular flexibility index (Phi) is 1.83. The van der Waals surface area contributed by atoms with Crippen LogP contribution >= 0.6 is 0 Å². The van der Waals surface area contributed by atoms with Crippen LogP contribution in [0.5, 0.6) is 0 Å². The summed E-state index contributed by atoms with van der Waals surface area (Å²) in [6, 6.07) is -0.418. The standard InChI is InChI=1S/C7H11NO4/c1-4-3-7(2,6(10)11)5(9)8(4)12/h4,12H,3H2,1-2H3,(H,10,11). The van der Waals surface area contributed by atoms with Gasteiger partial charge in [-0.05, 0) is 20.3 Å². The Labute approximate surface area is 69.5 Å². The summed E-state index contributed by atoms with van der Waals surface area (Å²) in [6.07, 6.45) is 0.150. The first-order valence-corrected chi connectivity index (χ1v) is 3.65. The minimum absolute atomic E-state index is 0.150. The fourth-order valence-electron chi connectivity index (χ4n) is 1.40. The lowest BCUT2D eigenvalue weighted by atomic mass is 9.88. The van der Waals surface area contributed by atoms with Gasteiger partial charge in [-0.15, -0.1) is 0 Å². The molecule has 0 aromatic rings. The summed E-state index contributed by atoms with van der Waals surface area (Å²) in [5.41, 5.74) is -1.45. The fourth-order valence-corrected chi connectivity index (χ4v) is 1.40. The van der Waals surface area contributed by atoms with Gasteiger partial charge in [0.1, 0.15) is 5.41 Å². The Morgan fingerprint density at radius 1 is 1.75 bits per heavy atom. The monoisotopic (exact) mass is 173 g/mol. The second-order valence-corrected chi connectivity index (χ2v) is 3.34. The van der Waals surface area contributed by atoms with E-state index in [1.807, 2.05) is 0 Å². The summed E-state index contributed by atoms with van der Waals surface area (Å²) in [6.45, 7) is 2.93. The van der Waals surface area contributed by atoms with Gasteiger partial charge in [0.15, 0.2) is 0 Å². The molecule has 0 aromatic heterocycles. The molecule has 1 amide bonds. The Balaban J connectivity index is 2.97. The minimum Gasteiger partial charge on any atom is -0.480 e. The number of carbonyl (C=O) groups excluding carboxylic acids is 1. The van der Waals surface area contributed by atoms with Crippen LogP contribution in [0.15, 0.2) is 0 Å². The molecule has 68 valence electrons. The largest absolute Gasteiger partial charge is 0.480 e. The maximum absolute atomic E-state index is 11.2. The fraction of sp³-hybridized carbons (Fsp3) is 0.714. The van der Waals surface area contributed by atoms with Crippen LogP contribution in [0.1, 0.15) is 20.3 Å². The smallest absolute Gasteiger partial charge is 0.319 e. The van der Waals surface area contributed by atoms with E-state index < -0.39 is 23.3 Å². The molecule has 0 bridgehead atoms. The molecule has 2 N–H and O–H groups in total. The highest BCUT2D eigenvalue weighted by Crippen LogP contribution is 2.34. The van der Waals surface area contributed by atoms with Gasteiger partial charge in [0.25, 0.3) is 5.91 Å². The van der Waals surface area contributed by atoms with E-state index in [0.717, 1.165) is 0 Å². The third kappa shape index (κ3) is 0.972. The molecule has 12 heavy (non-hydrogen) atoms. The summed E-state index contributed by atoms with van der Waals surface area (Å²) in [7, 11) is 0. The number of aliphatic carboxylic acids is 1. The molecule has 1 aliphatic heterocycles. The van der Waals surface area contributed by atoms with E-state index in [1.54, 1.807) is 6.92 Å². The zero-order valence-corrected chi connectivity index (χ0v) is 6.94. The van der Waals surface area contributed by atoms with E-state index in [4.69, 9.17) is 10.3 Å². The number of rotatable bonds is 1. The van der Waals surface area contributed by atoms with Gasteiger partial charge in [-0.25, -0.2) is 5.06 Å². The highest BCUT2D eigenvalue weighted by Gasteiger charge is 2.52. The molecular weight excluding hydrogens is 162 g/mol. The summed E-state index contributed by atoms with van der Waals surface area (Å²) in [4.78, 5) is 21.8. The van der Waals surface area contributed by atoms with Crippen LogP contribution in [0.2, 0.25) is 0 Å². The average molecular weight is 173 g/mol. The van der Waals surface area contributed by atoms with E-state index >= 15 is 0 Å². The van der Waals surface area contributed by atoms with Gasteiger partial charge in [0.05, 0.1) is 6.04 Å². The Morgan fingerprint density at radius 2 is 2.25 bits per heavy atom. The second kappa shape index (κ2) is 2.45. The van der Waals surface area contributed by atoms with Crippen molar-refractivity contribution in [3.05, 3.63) is 0 Å². The topological polar surface area (TPSA) is 77.8 Å². The van der Waals surface area contributed by atoms with Crippen molar-refractivity contribution in [2.45, 2.75) is 26.3 Å². The molecule has 0 radical (unpaired) electrons. The van der Waals surface area contributed by atoms with Gasteiger partial charge in [-0.1, -0.05) is 0 Å². The van der Waals surface area contributed by atoms with Crippen molar-refractivity contribution >= 4 is 11.9 Å². The minimum atomic E-state index is -1.45. The van der Waals surface area contributed by atoms with Crippen LogP contribution in [0.3, 0.4) is 0 Å². The van der Waals surface area contributed by atoms with Gasteiger partial charge in [-0.2, -0.15) is 0 Å². The Morgan fingerprint density at radius 3 is 2.42 bits per heavy atom. The summed E-state index contributed by atoms with van der Waals surface area (Å²) in [5.74, 6) is -1.92. The molecular formula is C7H11NO4. The van der Waals surface area contributed by atoms with E-state index in [-0.39, 0.29) is 6.42 Å². The quantitative estimate of drug-likeness (QED) is 0.435. The number of hydroxylamine groups is 2. The van der Waals surface area contributed by atoms with E-state index in [0.29, 0.717) is 5.06 Å². The highest BCUT2D eigenvalue weighted by atomic mass is 16.5. The van der Waals surface area contributed by atoms with Crippen LogP contribution in [0.4, 0.5) is 0 Å². The van der Waals surface area contributed by atoms with Crippen molar-refractivity contribution in [1.29, 1.82) is 0 Å². The SMILES string of the molecule is CC1CC(C)(C(=O)O)C(=O)N1O. The number of amides is 1. The number of carboxylic acid groups (broad SMARTS) is 1. The van der Waals surface area contributed by atoms with Crippen molar-refractivity contribution in [2.24, 2.45) is 5.41 Å². The zero-order chi connectivity index (χ0) is 9.52. The third-order valence-corrected chi connectivity index (χ3v) is 2.27. The molecule has 0 saturated carbocycles. The molecule has 0 spiro atoms. The maximum atomic E-state index is 11.2. The molecule has 1 aliphatic rings. The lowest BCUT2D eigenvalue weighted by Gasteiger charge is -2.14. The number of hydrogen-bond acceptors (Lipinski definition) is 3. The molecule has 0 aromatic carbocycles. The average Bonchev–Trinajstić information content (AvgIpc) is 2.17. The van der Waals surface area contributed by atoms with E-state index in [1.165, 1.54) is 6.92 Å². The summed E-state index contributed by atoms with van der Waals surface area (Å²) in [5, 5.41) is 18.3. The van der Waals surface area contributed by atoms with Crippen molar-refractivity contribution in [3.63, 3.8) is 0 Å². The number of hydrogen-bond donors (Lipinski definition) is 2. The third-order valence-electron chi connectivity index (χ3n) is 2.27. The number of carboxylic acids is 1. The Hall–Kier alpha value is -1.10. The first-order chi connectivity index (χ1) is 5.39. The van der Waals surface area contributed by atoms with Crippen molar-refractivity contribution in [2.75, 3.05) is 0 Å². The molecule has 2 atom stereocenters. The van der Waals surface area contributed by atoms with Crippen LogP contribution in [-0.2, 0) is 9.59 Å². The zero-order valence-electron chi connectivity index (χ0n) is 6.94. The van der Waals surface area contributed by atoms with E-state index in [9.17, 15) is 9.59 Å². The normalized spacial score (nSPS) is 35.8. The molecule has 2 unspecified atom stereocenters. The molecule has 1 fully saturated rings. The van der Waals surface area contributed by atoms with Crippen LogP contribution in [0, 0.1) is 5.41 Å². The van der Waals surface area contributed by atoms with E-state index in [2.05, 4.69) is 0 Å². The molecule has 5 heteroatoms. The van der Waals surface area contributed by atoms with Gasteiger partial charge >= 0.3 is 5.97 Å². The molecule has 1 heterocycles. The second-order valence-electron chi connectivity index (χ2n) is 3.34. The summed E-state index contributed by atoms with van der Waals surface area (Å²) < 4.78 is 0. The number of nitrogens with zero attached hydrogens (tertiary/aromatic N) is 1. The molecule has 5 nitrogen and oxygen atoms in total. The van der Waals surface area contributed by atoms with Crippen molar-refractivity contribution in [3.8, 4) is 0 Å². The van der Waals surface area contributed by atoms with Crippen molar-refractivity contribution < 1.29 is 19.9 Å². The predicted octanol–water partition coefficient (Wildman–Crippen LogP) is 0.0873. The first kappa shape index (κ1) is 8.99. The maximum Gasteiger partial charge on any atom is 0.319 e. The molecule has 1 rings (SSSR count). The number of carbonyl (C=O) groups is 2. The first-order valence-electron chi connectivity index (χ1n) is 3.65. The Bertz CT molecular complexity index is 240. The summed E-state index contributed by atoms with van der Waals surface area (Å²) >= 11 is 0. The predicted molar refractivity (Wildman–Crippen MR) is 38.5 cm³/mol. The van der Waals surface area contributed by atoms with Gasteiger partial charge in [-0.3, -0.25) is 14.8 Å². The van der Waals surface area contributed by atoms with Crippen LogP contribution in [0.25, 0.3) is 0 Å². The van der Waals surface area contributed by atoms with Crippen molar-refractivity contribution in [1.82, 2.24) is 5.06 Å². The van der Waals surface area contributed by atoms with Gasteiger partial charge in [0.2, 0.25) is 0 Å².